The fourth-order valence-corrected chi connectivity index (χ4v) is 1.55. The molecule has 15 heavy (non-hydrogen) atoms. The Kier molecular flexibility index (Phi) is 2.58. The zero-order valence-corrected chi connectivity index (χ0v) is 8.04. The number of nitrogens with zero attached hydrogens (tertiary/aromatic N) is 1. The highest BCUT2D eigenvalue weighted by molar-refractivity contribution is 5.67. The van der Waals surface area contributed by atoms with E-state index in [4.69, 9.17) is 9.52 Å². The lowest BCUT2D eigenvalue weighted by atomic mass is 10.1. The van der Waals surface area contributed by atoms with Crippen molar-refractivity contribution in [2.75, 3.05) is 0 Å². The number of hydrogen-bond acceptors (Lipinski definition) is 2. The second kappa shape index (κ2) is 4.04. The summed E-state index contributed by atoms with van der Waals surface area (Å²) < 4.78 is 7.06. The SMILES string of the molecule is O=C(O)C[C@@H](c1ccco1)n1cccc1. The van der Waals surface area contributed by atoms with Crippen LogP contribution in [-0.2, 0) is 4.79 Å². The average molecular weight is 205 g/mol. The maximum Gasteiger partial charge on any atom is 0.305 e. The van der Waals surface area contributed by atoms with Gasteiger partial charge in [-0.1, -0.05) is 0 Å². The van der Waals surface area contributed by atoms with Crippen LogP contribution >= 0.6 is 0 Å². The highest BCUT2D eigenvalue weighted by Crippen LogP contribution is 2.22. The first-order chi connectivity index (χ1) is 7.27. The first kappa shape index (κ1) is 9.58. The molecule has 4 nitrogen and oxygen atoms in total. The summed E-state index contributed by atoms with van der Waals surface area (Å²) in [6, 6.07) is 6.99. The third-order valence-electron chi connectivity index (χ3n) is 2.23. The molecule has 0 fully saturated rings. The molecule has 0 bridgehead atoms. The third kappa shape index (κ3) is 2.10. The van der Waals surface area contributed by atoms with Crippen molar-refractivity contribution < 1.29 is 14.3 Å². The van der Waals surface area contributed by atoms with E-state index in [0.29, 0.717) is 5.76 Å². The summed E-state index contributed by atoms with van der Waals surface area (Å²) in [4.78, 5) is 10.7. The van der Waals surface area contributed by atoms with Crippen LogP contribution in [0.1, 0.15) is 18.2 Å². The summed E-state index contributed by atoms with van der Waals surface area (Å²) in [6.45, 7) is 0. The van der Waals surface area contributed by atoms with Crippen molar-refractivity contribution in [2.24, 2.45) is 0 Å². The Hall–Kier alpha value is -1.97. The average Bonchev–Trinajstić information content (AvgIpc) is 2.87. The van der Waals surface area contributed by atoms with Crippen LogP contribution in [0, 0.1) is 0 Å². The molecule has 0 saturated carbocycles. The standard InChI is InChI=1S/C11H11NO3/c13-11(14)8-9(10-4-3-7-15-10)12-5-1-2-6-12/h1-7,9H,8H2,(H,13,14)/t9-/m0/s1. The largest absolute Gasteiger partial charge is 0.481 e. The van der Waals surface area contributed by atoms with E-state index in [1.807, 2.05) is 29.1 Å². The van der Waals surface area contributed by atoms with E-state index in [-0.39, 0.29) is 12.5 Å². The smallest absolute Gasteiger partial charge is 0.305 e. The Morgan fingerprint density at radius 2 is 2.13 bits per heavy atom. The highest BCUT2D eigenvalue weighted by atomic mass is 16.4. The molecule has 0 aliphatic carbocycles. The number of hydrogen-bond donors (Lipinski definition) is 1. The minimum Gasteiger partial charge on any atom is -0.481 e. The molecule has 1 atom stereocenters. The van der Waals surface area contributed by atoms with Gasteiger partial charge in [0.25, 0.3) is 0 Å². The van der Waals surface area contributed by atoms with Gasteiger partial charge in [0.1, 0.15) is 11.8 Å². The summed E-state index contributed by atoms with van der Waals surface area (Å²) in [5.41, 5.74) is 0. The van der Waals surface area contributed by atoms with Gasteiger partial charge in [0.15, 0.2) is 0 Å². The van der Waals surface area contributed by atoms with E-state index in [2.05, 4.69) is 0 Å². The van der Waals surface area contributed by atoms with Gasteiger partial charge in [0, 0.05) is 12.4 Å². The summed E-state index contributed by atoms with van der Waals surface area (Å²) >= 11 is 0. The molecular formula is C11H11NO3. The minimum absolute atomic E-state index is 0.0161. The van der Waals surface area contributed by atoms with Crippen molar-refractivity contribution in [3.05, 3.63) is 48.7 Å². The first-order valence-corrected chi connectivity index (χ1v) is 4.65. The van der Waals surface area contributed by atoms with E-state index < -0.39 is 5.97 Å². The first-order valence-electron chi connectivity index (χ1n) is 4.65. The Morgan fingerprint density at radius 1 is 1.40 bits per heavy atom. The molecule has 0 spiro atoms. The molecule has 0 radical (unpaired) electrons. The lowest BCUT2D eigenvalue weighted by Gasteiger charge is -2.14. The number of rotatable bonds is 4. The van der Waals surface area contributed by atoms with Crippen LogP contribution in [0.25, 0.3) is 0 Å². The summed E-state index contributed by atoms with van der Waals surface area (Å²) in [5, 5.41) is 8.83. The Balaban J connectivity index is 2.29. The molecule has 0 saturated heterocycles. The van der Waals surface area contributed by atoms with Gasteiger partial charge in [0.2, 0.25) is 0 Å². The predicted molar refractivity (Wildman–Crippen MR) is 53.5 cm³/mol. The van der Waals surface area contributed by atoms with Crippen LogP contribution in [0.2, 0.25) is 0 Å². The lowest BCUT2D eigenvalue weighted by molar-refractivity contribution is -0.137. The van der Waals surface area contributed by atoms with Gasteiger partial charge in [-0.15, -0.1) is 0 Å². The summed E-state index contributed by atoms with van der Waals surface area (Å²) in [6.07, 6.45) is 5.22. The predicted octanol–water partition coefficient (Wildman–Crippen LogP) is 2.15. The molecule has 2 aromatic rings. The third-order valence-corrected chi connectivity index (χ3v) is 2.23. The van der Waals surface area contributed by atoms with Crippen LogP contribution in [0.3, 0.4) is 0 Å². The van der Waals surface area contributed by atoms with Gasteiger partial charge >= 0.3 is 5.97 Å². The van der Waals surface area contributed by atoms with Crippen LogP contribution < -0.4 is 0 Å². The van der Waals surface area contributed by atoms with Crippen LogP contribution in [-0.4, -0.2) is 15.6 Å². The molecule has 4 heteroatoms. The van der Waals surface area contributed by atoms with E-state index in [9.17, 15) is 4.79 Å². The molecule has 1 N–H and O–H groups in total. The van der Waals surface area contributed by atoms with Crippen molar-refractivity contribution in [2.45, 2.75) is 12.5 Å². The van der Waals surface area contributed by atoms with Gasteiger partial charge in [-0.3, -0.25) is 4.79 Å². The van der Waals surface area contributed by atoms with Crippen molar-refractivity contribution in [3.8, 4) is 0 Å². The van der Waals surface area contributed by atoms with Gasteiger partial charge < -0.3 is 14.1 Å². The molecule has 0 unspecified atom stereocenters. The molecule has 2 aromatic heterocycles. The van der Waals surface area contributed by atoms with E-state index in [0.717, 1.165) is 0 Å². The maximum absolute atomic E-state index is 10.7. The highest BCUT2D eigenvalue weighted by Gasteiger charge is 2.18. The topological polar surface area (TPSA) is 55.4 Å². The molecule has 2 heterocycles. The van der Waals surface area contributed by atoms with Gasteiger partial charge in [-0.2, -0.15) is 0 Å². The van der Waals surface area contributed by atoms with Gasteiger partial charge in [-0.05, 0) is 24.3 Å². The number of aromatic nitrogens is 1. The monoisotopic (exact) mass is 205 g/mol. The molecule has 78 valence electrons. The molecular weight excluding hydrogens is 194 g/mol. The van der Waals surface area contributed by atoms with Crippen molar-refractivity contribution in [1.82, 2.24) is 4.57 Å². The van der Waals surface area contributed by atoms with Crippen LogP contribution in [0.4, 0.5) is 0 Å². The van der Waals surface area contributed by atoms with Crippen LogP contribution in [0.15, 0.2) is 47.3 Å². The molecule has 0 amide bonds. The molecule has 0 aliphatic rings. The Morgan fingerprint density at radius 3 is 2.67 bits per heavy atom. The maximum atomic E-state index is 10.7. The van der Waals surface area contributed by atoms with E-state index in [1.165, 1.54) is 0 Å². The van der Waals surface area contributed by atoms with Crippen molar-refractivity contribution >= 4 is 5.97 Å². The Labute approximate surface area is 86.8 Å². The quantitative estimate of drug-likeness (QED) is 0.831. The summed E-state index contributed by atoms with van der Waals surface area (Å²) in [5.74, 6) is -0.182. The number of aliphatic carboxylic acids is 1. The second-order valence-corrected chi connectivity index (χ2v) is 3.26. The summed E-state index contributed by atoms with van der Waals surface area (Å²) in [7, 11) is 0. The number of furan rings is 1. The molecule has 0 aliphatic heterocycles. The normalized spacial score (nSPS) is 12.5. The molecule has 2 rings (SSSR count). The lowest BCUT2D eigenvalue weighted by Crippen LogP contribution is -2.12. The van der Waals surface area contributed by atoms with Crippen molar-refractivity contribution in [3.63, 3.8) is 0 Å². The van der Waals surface area contributed by atoms with Crippen molar-refractivity contribution in [1.29, 1.82) is 0 Å². The van der Waals surface area contributed by atoms with E-state index >= 15 is 0 Å². The number of carboxylic acids is 1. The zero-order valence-electron chi connectivity index (χ0n) is 8.04. The Bertz CT molecular complexity index is 382. The fourth-order valence-electron chi connectivity index (χ4n) is 1.55. The van der Waals surface area contributed by atoms with Gasteiger partial charge in [0.05, 0.1) is 12.7 Å². The van der Waals surface area contributed by atoms with Gasteiger partial charge in [-0.25, -0.2) is 0 Å². The van der Waals surface area contributed by atoms with Crippen LogP contribution in [0.5, 0.6) is 0 Å². The second-order valence-electron chi connectivity index (χ2n) is 3.26. The minimum atomic E-state index is -0.842. The number of carboxylic acid groups (broad SMARTS) is 1. The fraction of sp³-hybridized carbons (Fsp3) is 0.182. The van der Waals surface area contributed by atoms with E-state index in [1.54, 1.807) is 18.4 Å². The molecule has 0 aromatic carbocycles. The number of carbonyl (C=O) groups is 1. The zero-order chi connectivity index (χ0) is 10.7.